The first-order valence-corrected chi connectivity index (χ1v) is 7.17. The highest BCUT2D eigenvalue weighted by atomic mass is 16.4. The largest absolute Gasteiger partial charge is 0.481 e. The summed E-state index contributed by atoms with van der Waals surface area (Å²) < 4.78 is 0. The van der Waals surface area contributed by atoms with Crippen molar-refractivity contribution in [3.05, 3.63) is 0 Å². The van der Waals surface area contributed by atoms with Crippen molar-refractivity contribution in [1.29, 1.82) is 0 Å². The number of likely N-dealkylation sites (tertiary alicyclic amines) is 1. The minimum absolute atomic E-state index is 0.0469. The minimum Gasteiger partial charge on any atom is -0.481 e. The quantitative estimate of drug-likeness (QED) is 0.762. The van der Waals surface area contributed by atoms with Crippen LogP contribution in [0.4, 0.5) is 0 Å². The molecule has 2 amide bonds. The third-order valence-corrected chi connectivity index (χ3v) is 3.73. The lowest BCUT2D eigenvalue weighted by Crippen LogP contribution is -2.48. The Kier molecular flexibility index (Phi) is 5.98. The van der Waals surface area contributed by atoms with Gasteiger partial charge in [-0.1, -0.05) is 0 Å². The fourth-order valence-electron chi connectivity index (χ4n) is 2.47. The van der Waals surface area contributed by atoms with E-state index in [0.29, 0.717) is 45.2 Å². The van der Waals surface area contributed by atoms with Gasteiger partial charge in [-0.15, -0.1) is 0 Å². The van der Waals surface area contributed by atoms with E-state index in [9.17, 15) is 19.5 Å². The van der Waals surface area contributed by atoms with Crippen molar-refractivity contribution in [2.75, 3.05) is 19.6 Å². The van der Waals surface area contributed by atoms with Crippen LogP contribution in [0.15, 0.2) is 0 Å². The molecule has 1 rings (SSSR count). The standard InChI is InChI=1S/C14H24N2O4/c1-3-15-11(17)6-4-7-12(18)16-9-5-8-14(2,10-16)13(19)20/h3-10H2,1-2H3,(H,15,17)(H,19,20). The van der Waals surface area contributed by atoms with Gasteiger partial charge in [-0.05, 0) is 33.1 Å². The first-order chi connectivity index (χ1) is 9.39. The average Bonchev–Trinajstić information content (AvgIpc) is 2.38. The highest BCUT2D eigenvalue weighted by molar-refractivity contribution is 5.80. The maximum Gasteiger partial charge on any atom is 0.311 e. The third-order valence-electron chi connectivity index (χ3n) is 3.73. The molecule has 6 heteroatoms. The maximum absolute atomic E-state index is 12.0. The Morgan fingerprint density at radius 2 is 2.00 bits per heavy atom. The number of carboxylic acid groups (broad SMARTS) is 1. The fourth-order valence-corrected chi connectivity index (χ4v) is 2.47. The zero-order valence-corrected chi connectivity index (χ0v) is 12.3. The molecule has 0 bridgehead atoms. The Morgan fingerprint density at radius 3 is 2.60 bits per heavy atom. The predicted octanol–water partition coefficient (Wildman–Crippen LogP) is 1.01. The normalized spacial score (nSPS) is 22.4. The van der Waals surface area contributed by atoms with Crippen LogP contribution in [0.2, 0.25) is 0 Å². The van der Waals surface area contributed by atoms with Crippen molar-refractivity contribution in [2.45, 2.75) is 46.0 Å². The molecule has 1 atom stereocenters. The molecule has 1 aliphatic rings. The molecule has 114 valence electrons. The van der Waals surface area contributed by atoms with Crippen molar-refractivity contribution in [1.82, 2.24) is 10.2 Å². The topological polar surface area (TPSA) is 86.7 Å². The van der Waals surface area contributed by atoms with Crippen LogP contribution in [0.3, 0.4) is 0 Å². The van der Waals surface area contributed by atoms with Gasteiger partial charge in [-0.25, -0.2) is 0 Å². The summed E-state index contributed by atoms with van der Waals surface area (Å²) in [6.45, 7) is 5.01. The van der Waals surface area contributed by atoms with Crippen molar-refractivity contribution < 1.29 is 19.5 Å². The number of aliphatic carboxylic acids is 1. The third kappa shape index (κ3) is 4.51. The van der Waals surface area contributed by atoms with Crippen molar-refractivity contribution in [2.24, 2.45) is 5.41 Å². The molecule has 0 radical (unpaired) electrons. The molecule has 1 fully saturated rings. The SMILES string of the molecule is CCNC(=O)CCCC(=O)N1CCCC(C)(C(=O)O)C1. The second-order valence-corrected chi connectivity index (χ2v) is 5.59. The Balaban J connectivity index is 2.40. The van der Waals surface area contributed by atoms with E-state index < -0.39 is 11.4 Å². The predicted molar refractivity (Wildman–Crippen MR) is 74.1 cm³/mol. The monoisotopic (exact) mass is 284 g/mol. The molecule has 1 saturated heterocycles. The van der Waals surface area contributed by atoms with Gasteiger partial charge in [0.25, 0.3) is 0 Å². The lowest BCUT2D eigenvalue weighted by molar-refractivity contribution is -0.153. The van der Waals surface area contributed by atoms with Gasteiger partial charge in [0.05, 0.1) is 5.41 Å². The van der Waals surface area contributed by atoms with Crippen molar-refractivity contribution >= 4 is 17.8 Å². The van der Waals surface area contributed by atoms with Gasteiger partial charge < -0.3 is 15.3 Å². The zero-order chi connectivity index (χ0) is 15.2. The lowest BCUT2D eigenvalue weighted by atomic mass is 9.82. The van der Waals surface area contributed by atoms with Gasteiger partial charge in [0, 0.05) is 32.5 Å². The van der Waals surface area contributed by atoms with E-state index in [1.165, 1.54) is 0 Å². The van der Waals surface area contributed by atoms with E-state index in [0.717, 1.165) is 0 Å². The number of piperidine rings is 1. The number of amides is 2. The van der Waals surface area contributed by atoms with Crippen molar-refractivity contribution in [3.63, 3.8) is 0 Å². The molecule has 2 N–H and O–H groups in total. The van der Waals surface area contributed by atoms with Crippen LogP contribution >= 0.6 is 0 Å². The highest BCUT2D eigenvalue weighted by Gasteiger charge is 2.39. The Morgan fingerprint density at radius 1 is 1.30 bits per heavy atom. The number of carbonyl (C=O) groups is 3. The van der Waals surface area contributed by atoms with Crippen LogP contribution in [0, 0.1) is 5.41 Å². The molecule has 1 heterocycles. The van der Waals surface area contributed by atoms with E-state index in [1.54, 1.807) is 11.8 Å². The molecule has 1 unspecified atom stereocenters. The molecule has 0 spiro atoms. The lowest BCUT2D eigenvalue weighted by Gasteiger charge is -2.37. The number of carboxylic acids is 1. The van der Waals surface area contributed by atoms with E-state index in [1.807, 2.05) is 6.92 Å². The molecule has 0 aromatic carbocycles. The molecule has 20 heavy (non-hydrogen) atoms. The van der Waals surface area contributed by atoms with E-state index in [-0.39, 0.29) is 18.4 Å². The number of carbonyl (C=O) groups excluding carboxylic acids is 2. The number of hydrogen-bond acceptors (Lipinski definition) is 3. The second kappa shape index (κ2) is 7.26. The molecule has 0 aromatic heterocycles. The van der Waals surface area contributed by atoms with Crippen LogP contribution in [0.25, 0.3) is 0 Å². The van der Waals surface area contributed by atoms with E-state index in [4.69, 9.17) is 0 Å². The fraction of sp³-hybridized carbons (Fsp3) is 0.786. The maximum atomic E-state index is 12.0. The van der Waals surface area contributed by atoms with Crippen LogP contribution in [-0.2, 0) is 14.4 Å². The van der Waals surface area contributed by atoms with Gasteiger partial charge in [0.15, 0.2) is 0 Å². The summed E-state index contributed by atoms with van der Waals surface area (Å²) >= 11 is 0. The van der Waals surface area contributed by atoms with Gasteiger partial charge in [-0.3, -0.25) is 14.4 Å². The summed E-state index contributed by atoms with van der Waals surface area (Å²) in [6, 6.07) is 0. The average molecular weight is 284 g/mol. The second-order valence-electron chi connectivity index (χ2n) is 5.59. The number of rotatable bonds is 6. The summed E-state index contributed by atoms with van der Waals surface area (Å²) in [7, 11) is 0. The van der Waals surface area contributed by atoms with Gasteiger partial charge >= 0.3 is 5.97 Å². The Hall–Kier alpha value is -1.59. The molecule has 6 nitrogen and oxygen atoms in total. The summed E-state index contributed by atoms with van der Waals surface area (Å²) in [5.41, 5.74) is -0.840. The van der Waals surface area contributed by atoms with E-state index in [2.05, 4.69) is 5.32 Å². The van der Waals surface area contributed by atoms with Gasteiger partial charge in [0.1, 0.15) is 0 Å². The molecule has 0 saturated carbocycles. The molecule has 1 aliphatic heterocycles. The molecule has 0 aliphatic carbocycles. The smallest absolute Gasteiger partial charge is 0.311 e. The molecular formula is C14H24N2O4. The summed E-state index contributed by atoms with van der Waals surface area (Å²) in [4.78, 5) is 36.2. The van der Waals surface area contributed by atoms with Gasteiger partial charge in [-0.2, -0.15) is 0 Å². The summed E-state index contributed by atoms with van der Waals surface area (Å²) in [5.74, 6) is -0.951. The first kappa shape index (κ1) is 16.5. The first-order valence-electron chi connectivity index (χ1n) is 7.17. The van der Waals surface area contributed by atoms with Crippen LogP contribution in [-0.4, -0.2) is 47.4 Å². The number of nitrogens with one attached hydrogen (secondary N) is 1. The van der Waals surface area contributed by atoms with Gasteiger partial charge in [0.2, 0.25) is 11.8 Å². The summed E-state index contributed by atoms with van der Waals surface area (Å²) in [6.07, 6.45) is 2.46. The Bertz CT molecular complexity index is 383. The minimum atomic E-state index is -0.850. The van der Waals surface area contributed by atoms with Crippen LogP contribution in [0.1, 0.15) is 46.0 Å². The number of nitrogens with zero attached hydrogens (tertiary/aromatic N) is 1. The Labute approximate surface area is 119 Å². The van der Waals surface area contributed by atoms with E-state index >= 15 is 0 Å². The molecule has 0 aromatic rings. The number of hydrogen-bond donors (Lipinski definition) is 2. The van der Waals surface area contributed by atoms with Crippen LogP contribution < -0.4 is 5.32 Å². The van der Waals surface area contributed by atoms with Crippen LogP contribution in [0.5, 0.6) is 0 Å². The highest BCUT2D eigenvalue weighted by Crippen LogP contribution is 2.30. The molecular weight excluding hydrogens is 260 g/mol. The van der Waals surface area contributed by atoms with Crippen molar-refractivity contribution in [3.8, 4) is 0 Å². The summed E-state index contributed by atoms with van der Waals surface area (Å²) in [5, 5.41) is 11.9. The zero-order valence-electron chi connectivity index (χ0n) is 12.3.